The van der Waals surface area contributed by atoms with E-state index in [0.29, 0.717) is 33.7 Å². The molecule has 0 unspecified atom stereocenters. The molecule has 2 heterocycles. The molecule has 4 N–H and O–H groups in total. The third-order valence-electron chi connectivity index (χ3n) is 4.37. The van der Waals surface area contributed by atoms with Gasteiger partial charge in [-0.15, -0.1) is 11.3 Å². The van der Waals surface area contributed by atoms with Gasteiger partial charge in [0.1, 0.15) is 27.9 Å². The number of thiazole rings is 1. The number of phenols is 1. The minimum atomic E-state index is -0.160. The molecule has 3 rings (SSSR count). The highest BCUT2D eigenvalue weighted by Crippen LogP contribution is 2.33. The zero-order chi connectivity index (χ0) is 18.8. The first kappa shape index (κ1) is 18.9. The van der Waals surface area contributed by atoms with Crippen LogP contribution in [-0.4, -0.2) is 22.1 Å². The van der Waals surface area contributed by atoms with E-state index in [-0.39, 0.29) is 17.2 Å². The standard InChI is InChI=1S/C19H22N2O3S2/c1-4-11-7-12-15(8-14(11)22)24-18(13(20)5-6-25-3)16(17(12)23)19-21-10(2)9-26-19/h7-9,13,22H,4-6,20H2,1-3H3/p+1/t13-/m1/s1. The van der Waals surface area contributed by atoms with E-state index in [9.17, 15) is 9.90 Å². The number of rotatable bonds is 6. The maximum Gasteiger partial charge on any atom is 0.203 e. The van der Waals surface area contributed by atoms with Crippen molar-refractivity contribution in [2.24, 2.45) is 0 Å². The van der Waals surface area contributed by atoms with Gasteiger partial charge in [0.2, 0.25) is 5.43 Å². The number of phenolic OH excluding ortho intramolecular Hbond substituents is 1. The molecular formula is C19H23N2O3S2+. The number of aromatic hydroxyl groups is 1. The van der Waals surface area contributed by atoms with Gasteiger partial charge in [-0.25, -0.2) is 4.98 Å². The molecule has 0 saturated heterocycles. The smallest absolute Gasteiger partial charge is 0.203 e. The molecule has 0 spiro atoms. The van der Waals surface area contributed by atoms with Gasteiger partial charge in [0.15, 0.2) is 5.76 Å². The first-order valence-corrected chi connectivity index (χ1v) is 10.8. The van der Waals surface area contributed by atoms with Gasteiger partial charge in [0, 0.05) is 23.6 Å². The minimum Gasteiger partial charge on any atom is -0.508 e. The van der Waals surface area contributed by atoms with Crippen molar-refractivity contribution in [3.63, 3.8) is 0 Å². The van der Waals surface area contributed by atoms with Crippen LogP contribution in [0.15, 0.2) is 26.7 Å². The summed E-state index contributed by atoms with van der Waals surface area (Å²) in [6.07, 6.45) is 3.48. The lowest BCUT2D eigenvalue weighted by Gasteiger charge is -2.13. The Balaban J connectivity index is 2.30. The van der Waals surface area contributed by atoms with Crippen LogP contribution in [0.1, 0.15) is 36.4 Å². The van der Waals surface area contributed by atoms with Crippen LogP contribution in [-0.2, 0) is 6.42 Å². The van der Waals surface area contributed by atoms with Gasteiger partial charge in [-0.3, -0.25) is 4.79 Å². The second-order valence-electron chi connectivity index (χ2n) is 6.27. The first-order chi connectivity index (χ1) is 12.5. The maximum absolute atomic E-state index is 13.3. The Kier molecular flexibility index (Phi) is 5.70. The Morgan fingerprint density at radius 2 is 2.19 bits per heavy atom. The molecule has 0 bridgehead atoms. The van der Waals surface area contributed by atoms with E-state index in [4.69, 9.17) is 4.42 Å². The fourth-order valence-corrected chi connectivity index (χ4v) is 4.29. The van der Waals surface area contributed by atoms with Crippen molar-refractivity contribution in [2.45, 2.75) is 32.7 Å². The van der Waals surface area contributed by atoms with Crippen molar-refractivity contribution in [3.05, 3.63) is 44.8 Å². The van der Waals surface area contributed by atoms with Crippen LogP contribution in [0.2, 0.25) is 0 Å². The fourth-order valence-electron chi connectivity index (χ4n) is 2.93. The molecule has 3 aromatic rings. The molecule has 1 atom stereocenters. The average molecular weight is 392 g/mol. The van der Waals surface area contributed by atoms with Crippen molar-refractivity contribution < 1.29 is 15.3 Å². The number of quaternary nitrogens is 1. The number of benzene rings is 1. The number of hydrogen-bond acceptors (Lipinski definition) is 6. The highest BCUT2D eigenvalue weighted by atomic mass is 32.2. The summed E-state index contributed by atoms with van der Waals surface area (Å²) in [5.41, 5.74) is 6.61. The molecule has 0 saturated carbocycles. The lowest BCUT2D eigenvalue weighted by atomic mass is 10.0. The summed E-state index contributed by atoms with van der Waals surface area (Å²) >= 11 is 3.17. The van der Waals surface area contributed by atoms with Gasteiger partial charge in [-0.1, -0.05) is 6.92 Å². The SMILES string of the molecule is CCc1cc2c(=O)c(-c3nc(C)cs3)c([C@H]([NH3+])CCSC)oc2cc1O. The Morgan fingerprint density at radius 3 is 2.81 bits per heavy atom. The van der Waals surface area contributed by atoms with Crippen molar-refractivity contribution in [1.82, 2.24) is 4.98 Å². The fraction of sp³-hybridized carbons (Fsp3) is 0.368. The van der Waals surface area contributed by atoms with Gasteiger partial charge >= 0.3 is 0 Å². The van der Waals surface area contributed by atoms with Crippen LogP contribution in [0.4, 0.5) is 0 Å². The topological polar surface area (TPSA) is 91.0 Å². The Morgan fingerprint density at radius 1 is 1.42 bits per heavy atom. The maximum atomic E-state index is 13.3. The molecule has 0 amide bonds. The largest absolute Gasteiger partial charge is 0.508 e. The molecule has 5 nitrogen and oxygen atoms in total. The quantitative estimate of drug-likeness (QED) is 0.671. The zero-order valence-electron chi connectivity index (χ0n) is 15.2. The highest BCUT2D eigenvalue weighted by molar-refractivity contribution is 7.98. The molecule has 2 aromatic heterocycles. The van der Waals surface area contributed by atoms with E-state index in [1.165, 1.54) is 17.4 Å². The molecule has 7 heteroatoms. The lowest BCUT2D eigenvalue weighted by Crippen LogP contribution is -2.54. The van der Waals surface area contributed by atoms with Crippen molar-refractivity contribution in [2.75, 3.05) is 12.0 Å². The molecule has 0 radical (unpaired) electrons. The summed E-state index contributed by atoms with van der Waals surface area (Å²) in [6.45, 7) is 3.85. The lowest BCUT2D eigenvalue weighted by molar-refractivity contribution is -0.430. The summed E-state index contributed by atoms with van der Waals surface area (Å²) < 4.78 is 6.11. The van der Waals surface area contributed by atoms with Gasteiger partial charge in [0.05, 0.1) is 5.39 Å². The van der Waals surface area contributed by atoms with Crippen molar-refractivity contribution >= 4 is 34.1 Å². The molecule has 0 fully saturated rings. The normalized spacial score (nSPS) is 12.6. The van der Waals surface area contributed by atoms with Gasteiger partial charge in [-0.05, 0) is 37.0 Å². The Labute approximate surface area is 160 Å². The first-order valence-electron chi connectivity index (χ1n) is 8.53. The van der Waals surface area contributed by atoms with Crippen LogP contribution < -0.4 is 11.2 Å². The van der Waals surface area contributed by atoms with Crippen molar-refractivity contribution in [3.8, 4) is 16.3 Å². The predicted molar refractivity (Wildman–Crippen MR) is 108 cm³/mol. The van der Waals surface area contributed by atoms with Crippen LogP contribution in [0.5, 0.6) is 5.75 Å². The van der Waals surface area contributed by atoms with E-state index < -0.39 is 0 Å². The zero-order valence-corrected chi connectivity index (χ0v) is 16.8. The summed E-state index contributed by atoms with van der Waals surface area (Å²) in [6, 6.07) is 3.10. The van der Waals surface area contributed by atoms with Gasteiger partial charge in [-0.2, -0.15) is 11.8 Å². The van der Waals surface area contributed by atoms with E-state index in [1.807, 2.05) is 25.5 Å². The number of fused-ring (bicyclic) bond motifs is 1. The summed E-state index contributed by atoms with van der Waals surface area (Å²) in [5, 5.41) is 13.2. The van der Waals surface area contributed by atoms with Crippen molar-refractivity contribution in [1.29, 1.82) is 0 Å². The van der Waals surface area contributed by atoms with Gasteiger partial charge in [0.25, 0.3) is 0 Å². The Hall–Kier alpha value is -1.83. The number of thioether (sulfide) groups is 1. The van der Waals surface area contributed by atoms with E-state index in [2.05, 4.69) is 10.7 Å². The number of nitrogens with zero attached hydrogens (tertiary/aromatic N) is 1. The summed E-state index contributed by atoms with van der Waals surface area (Å²) in [4.78, 5) is 17.8. The van der Waals surface area contributed by atoms with E-state index in [0.717, 1.165) is 23.4 Å². The molecule has 0 aliphatic heterocycles. The molecule has 0 aliphatic carbocycles. The average Bonchev–Trinajstić information content (AvgIpc) is 3.04. The second kappa shape index (κ2) is 7.82. The van der Waals surface area contributed by atoms with E-state index >= 15 is 0 Å². The Bertz CT molecular complexity index is 994. The summed E-state index contributed by atoms with van der Waals surface area (Å²) in [7, 11) is 0. The monoisotopic (exact) mass is 391 g/mol. The molecule has 138 valence electrons. The third-order valence-corrected chi connectivity index (χ3v) is 6.00. The summed E-state index contributed by atoms with van der Waals surface area (Å²) in [5.74, 6) is 1.62. The predicted octanol–water partition coefficient (Wildman–Crippen LogP) is 3.53. The molecular weight excluding hydrogens is 368 g/mol. The third kappa shape index (κ3) is 3.51. The number of aryl methyl sites for hydroxylation is 2. The van der Waals surface area contributed by atoms with Crippen LogP contribution >= 0.6 is 23.1 Å². The second-order valence-corrected chi connectivity index (χ2v) is 8.12. The van der Waals surface area contributed by atoms with Crippen LogP contribution in [0, 0.1) is 6.92 Å². The van der Waals surface area contributed by atoms with E-state index in [1.54, 1.807) is 17.8 Å². The molecule has 26 heavy (non-hydrogen) atoms. The minimum absolute atomic E-state index is 0.108. The highest BCUT2D eigenvalue weighted by Gasteiger charge is 2.25. The van der Waals surface area contributed by atoms with Gasteiger partial charge < -0.3 is 15.3 Å². The molecule has 0 aliphatic rings. The number of aromatic nitrogens is 1. The van der Waals surface area contributed by atoms with Crippen LogP contribution in [0.3, 0.4) is 0 Å². The molecule has 1 aromatic carbocycles. The van der Waals surface area contributed by atoms with Crippen LogP contribution in [0.25, 0.3) is 21.5 Å². The number of hydrogen-bond donors (Lipinski definition) is 2.